The SMILES string of the molecule is CCc1ccc2nc(-c3ccc(/C=C/c4ccc(-c5nc6ccc(CC)cc6c(=O)o5)cc4)cc3)oc(=O)c2c1. The van der Waals surface area contributed by atoms with Crippen molar-refractivity contribution in [2.24, 2.45) is 0 Å². The largest absolute Gasteiger partial charge is 0.403 e. The third kappa shape index (κ3) is 4.99. The second-order valence-electron chi connectivity index (χ2n) is 9.60. The highest BCUT2D eigenvalue weighted by Gasteiger charge is 2.10. The molecule has 0 aliphatic rings. The molecule has 40 heavy (non-hydrogen) atoms. The first-order valence-corrected chi connectivity index (χ1v) is 13.3. The molecule has 2 aromatic heterocycles. The first-order chi connectivity index (χ1) is 19.5. The van der Waals surface area contributed by atoms with Crippen LogP contribution in [0.4, 0.5) is 0 Å². The van der Waals surface area contributed by atoms with Crippen molar-refractivity contribution in [2.75, 3.05) is 0 Å². The van der Waals surface area contributed by atoms with Gasteiger partial charge in [-0.25, -0.2) is 19.6 Å². The van der Waals surface area contributed by atoms with E-state index in [1.807, 2.05) is 111 Å². The number of hydrogen-bond acceptors (Lipinski definition) is 6. The fourth-order valence-electron chi connectivity index (χ4n) is 4.59. The molecule has 0 aliphatic heterocycles. The van der Waals surface area contributed by atoms with Crippen LogP contribution in [0.15, 0.2) is 103 Å². The second kappa shape index (κ2) is 10.6. The van der Waals surface area contributed by atoms with E-state index in [1.54, 1.807) is 0 Å². The van der Waals surface area contributed by atoms with Crippen LogP contribution in [-0.2, 0) is 12.8 Å². The zero-order valence-electron chi connectivity index (χ0n) is 22.2. The third-order valence-corrected chi connectivity index (χ3v) is 6.98. The van der Waals surface area contributed by atoms with Crippen LogP contribution in [0, 0.1) is 0 Å². The topological polar surface area (TPSA) is 86.2 Å². The van der Waals surface area contributed by atoms with E-state index in [0.29, 0.717) is 33.6 Å². The minimum absolute atomic E-state index is 0.299. The minimum Gasteiger partial charge on any atom is -0.403 e. The Kier molecular flexibility index (Phi) is 6.66. The average Bonchev–Trinajstić information content (AvgIpc) is 3.00. The molecule has 0 saturated carbocycles. The fourth-order valence-corrected chi connectivity index (χ4v) is 4.59. The molecule has 2 heterocycles. The van der Waals surface area contributed by atoms with Crippen molar-refractivity contribution in [2.45, 2.75) is 26.7 Å². The molecule has 0 amide bonds. The maximum Gasteiger partial charge on any atom is 0.347 e. The van der Waals surface area contributed by atoms with Gasteiger partial charge in [-0.3, -0.25) is 0 Å². The van der Waals surface area contributed by atoms with Crippen molar-refractivity contribution in [3.8, 4) is 22.9 Å². The summed E-state index contributed by atoms with van der Waals surface area (Å²) in [5.41, 5.74) is 6.06. The number of fused-ring (bicyclic) bond motifs is 2. The van der Waals surface area contributed by atoms with Crippen molar-refractivity contribution >= 4 is 34.0 Å². The number of aromatic nitrogens is 2. The van der Waals surface area contributed by atoms with Crippen LogP contribution in [0.5, 0.6) is 0 Å². The Hall–Kier alpha value is -5.10. The molecular formula is C34H26N2O4. The molecule has 0 fully saturated rings. The van der Waals surface area contributed by atoms with Gasteiger partial charge in [0.1, 0.15) is 0 Å². The molecule has 4 aromatic carbocycles. The lowest BCUT2D eigenvalue weighted by Gasteiger charge is -2.04. The van der Waals surface area contributed by atoms with E-state index in [-0.39, 0.29) is 11.3 Å². The average molecular weight is 527 g/mol. The van der Waals surface area contributed by atoms with Gasteiger partial charge in [-0.2, -0.15) is 0 Å². The molecule has 0 spiro atoms. The summed E-state index contributed by atoms with van der Waals surface area (Å²) < 4.78 is 11.0. The first-order valence-electron chi connectivity index (χ1n) is 13.3. The zero-order valence-corrected chi connectivity index (χ0v) is 22.2. The Morgan fingerprint density at radius 2 is 0.975 bits per heavy atom. The molecule has 0 aliphatic carbocycles. The molecule has 6 aromatic rings. The summed E-state index contributed by atoms with van der Waals surface area (Å²) in [7, 11) is 0. The summed E-state index contributed by atoms with van der Waals surface area (Å²) in [4.78, 5) is 34.2. The van der Waals surface area contributed by atoms with Crippen molar-refractivity contribution in [3.05, 3.63) is 128 Å². The molecule has 0 N–H and O–H groups in total. The van der Waals surface area contributed by atoms with Gasteiger partial charge in [-0.05, 0) is 83.6 Å². The monoisotopic (exact) mass is 526 g/mol. The van der Waals surface area contributed by atoms with Gasteiger partial charge in [-0.1, -0.05) is 62.4 Å². The molecule has 6 heteroatoms. The Bertz CT molecular complexity index is 1850. The van der Waals surface area contributed by atoms with Crippen molar-refractivity contribution in [1.29, 1.82) is 0 Å². The Morgan fingerprint density at radius 3 is 1.35 bits per heavy atom. The van der Waals surface area contributed by atoms with Crippen molar-refractivity contribution in [3.63, 3.8) is 0 Å². The van der Waals surface area contributed by atoms with E-state index in [9.17, 15) is 9.59 Å². The summed E-state index contributed by atoms with van der Waals surface area (Å²) >= 11 is 0. The molecule has 196 valence electrons. The molecule has 6 nitrogen and oxygen atoms in total. The predicted octanol–water partition coefficient (Wildman–Crippen LogP) is 7.32. The van der Waals surface area contributed by atoms with Gasteiger partial charge in [0.2, 0.25) is 11.8 Å². The van der Waals surface area contributed by atoms with Crippen LogP contribution in [0.1, 0.15) is 36.1 Å². The van der Waals surface area contributed by atoms with Crippen LogP contribution in [0.25, 0.3) is 56.9 Å². The Labute approximate surface area is 230 Å². The van der Waals surface area contributed by atoms with Gasteiger partial charge < -0.3 is 8.83 Å². The number of aryl methyl sites for hydroxylation is 2. The molecule has 6 rings (SSSR count). The van der Waals surface area contributed by atoms with Gasteiger partial charge in [0, 0.05) is 11.1 Å². The lowest BCUT2D eigenvalue weighted by Crippen LogP contribution is -2.03. The van der Waals surface area contributed by atoms with E-state index in [0.717, 1.165) is 46.2 Å². The van der Waals surface area contributed by atoms with Gasteiger partial charge in [0.15, 0.2) is 0 Å². The van der Waals surface area contributed by atoms with Crippen LogP contribution < -0.4 is 11.3 Å². The smallest absolute Gasteiger partial charge is 0.347 e. The second-order valence-corrected chi connectivity index (χ2v) is 9.60. The maximum atomic E-state index is 12.5. The van der Waals surface area contributed by atoms with Crippen LogP contribution in [-0.4, -0.2) is 9.97 Å². The first kappa shape index (κ1) is 25.2. The van der Waals surface area contributed by atoms with E-state index in [1.165, 1.54) is 0 Å². The standard InChI is InChI=1S/C34H26N2O4/c1-3-21-11-17-29-27(19-21)33(37)39-31(35-29)25-13-7-23(8-14-25)5-6-24-9-15-26(16-10-24)32-36-30-18-12-22(4-2)20-28(30)34(38)40-32/h5-20H,3-4H2,1-2H3/b6-5+. The molecule has 0 bridgehead atoms. The summed E-state index contributed by atoms with van der Waals surface area (Å²) in [6.07, 6.45) is 5.68. The molecular weight excluding hydrogens is 500 g/mol. The molecule has 0 saturated heterocycles. The van der Waals surface area contributed by atoms with Crippen LogP contribution >= 0.6 is 0 Å². The predicted molar refractivity (Wildman–Crippen MR) is 159 cm³/mol. The van der Waals surface area contributed by atoms with Gasteiger partial charge in [0.05, 0.1) is 21.8 Å². The molecule has 0 atom stereocenters. The highest BCUT2D eigenvalue weighted by atomic mass is 16.4. The highest BCUT2D eigenvalue weighted by Crippen LogP contribution is 2.23. The Balaban J connectivity index is 1.19. The van der Waals surface area contributed by atoms with E-state index in [4.69, 9.17) is 8.83 Å². The van der Waals surface area contributed by atoms with E-state index in [2.05, 4.69) is 9.97 Å². The maximum absolute atomic E-state index is 12.5. The zero-order chi connectivity index (χ0) is 27.6. The van der Waals surface area contributed by atoms with Gasteiger partial charge >= 0.3 is 11.3 Å². The van der Waals surface area contributed by atoms with Crippen molar-refractivity contribution in [1.82, 2.24) is 9.97 Å². The minimum atomic E-state index is -0.383. The van der Waals surface area contributed by atoms with Crippen LogP contribution in [0.2, 0.25) is 0 Å². The third-order valence-electron chi connectivity index (χ3n) is 6.98. The van der Waals surface area contributed by atoms with Gasteiger partial charge in [-0.15, -0.1) is 0 Å². The number of hydrogen-bond donors (Lipinski definition) is 0. The molecule has 0 radical (unpaired) electrons. The lowest BCUT2D eigenvalue weighted by molar-refractivity contribution is 0.518. The summed E-state index contributed by atoms with van der Waals surface area (Å²) in [6.45, 7) is 4.09. The summed E-state index contributed by atoms with van der Waals surface area (Å²) in [5.74, 6) is 0.597. The highest BCUT2D eigenvalue weighted by molar-refractivity contribution is 5.81. The van der Waals surface area contributed by atoms with Gasteiger partial charge in [0.25, 0.3) is 0 Å². The normalized spacial score (nSPS) is 11.6. The summed E-state index contributed by atoms with van der Waals surface area (Å²) in [6, 6.07) is 26.7. The van der Waals surface area contributed by atoms with E-state index >= 15 is 0 Å². The number of nitrogens with zero attached hydrogens (tertiary/aromatic N) is 2. The quantitative estimate of drug-likeness (QED) is 0.211. The van der Waals surface area contributed by atoms with E-state index < -0.39 is 0 Å². The molecule has 0 unspecified atom stereocenters. The number of benzene rings is 4. The number of rotatable bonds is 6. The lowest BCUT2D eigenvalue weighted by atomic mass is 10.1. The fraction of sp³-hybridized carbons (Fsp3) is 0.118. The van der Waals surface area contributed by atoms with Crippen LogP contribution in [0.3, 0.4) is 0 Å². The van der Waals surface area contributed by atoms with Crippen molar-refractivity contribution < 1.29 is 8.83 Å². The summed E-state index contributed by atoms with van der Waals surface area (Å²) in [5, 5.41) is 0.996. The Morgan fingerprint density at radius 1 is 0.575 bits per heavy atom.